The summed E-state index contributed by atoms with van der Waals surface area (Å²) in [7, 11) is -7.22. The smallest absolute Gasteiger partial charge is 0.302 e. The molecule has 1 aliphatic heterocycles. The van der Waals surface area contributed by atoms with Crippen LogP contribution in [0.5, 0.6) is 0 Å². The summed E-state index contributed by atoms with van der Waals surface area (Å²) in [5.74, 6) is -1.89. The Morgan fingerprint density at radius 2 is 1.91 bits per heavy atom. The largest absolute Gasteiger partial charge is 0.311 e. The molecule has 22 heavy (non-hydrogen) atoms. The van der Waals surface area contributed by atoms with Crippen molar-refractivity contribution in [3.63, 3.8) is 0 Å². The Bertz CT molecular complexity index is 791. The highest BCUT2D eigenvalue weighted by molar-refractivity contribution is 7.89. The first-order valence-electron chi connectivity index (χ1n) is 6.39. The first kappa shape index (κ1) is 16.8. The predicted octanol–water partition coefficient (Wildman–Crippen LogP) is 0.247. The standard InChI is InChI=1S/C12H15FN2O5S2/c1-14-22(19,20)11-5-3-2-4-10(11)15-7-9(6-12(15)16)8-21(13,17)18/h2-5,9,14H,6-8H2,1H3. The first-order valence-corrected chi connectivity index (χ1v) is 9.43. The lowest BCUT2D eigenvalue weighted by atomic mass is 10.1. The molecule has 7 nitrogen and oxygen atoms in total. The summed E-state index contributed by atoms with van der Waals surface area (Å²) in [6.45, 7) is -0.0434. The van der Waals surface area contributed by atoms with E-state index in [-0.39, 0.29) is 23.5 Å². The molecule has 0 bridgehead atoms. The Labute approximate surface area is 128 Å². The van der Waals surface area contributed by atoms with E-state index in [1.807, 2.05) is 0 Å². The van der Waals surface area contributed by atoms with Gasteiger partial charge in [-0.25, -0.2) is 13.1 Å². The average Bonchev–Trinajstić information content (AvgIpc) is 2.77. The Morgan fingerprint density at radius 3 is 2.50 bits per heavy atom. The van der Waals surface area contributed by atoms with Crippen LogP contribution in [0.15, 0.2) is 29.2 Å². The monoisotopic (exact) mass is 350 g/mol. The summed E-state index contributed by atoms with van der Waals surface area (Å²) >= 11 is 0. The molecule has 0 aliphatic carbocycles. The van der Waals surface area contributed by atoms with Crippen LogP contribution in [-0.2, 0) is 25.0 Å². The van der Waals surface area contributed by atoms with E-state index in [0.717, 1.165) is 0 Å². The molecule has 1 aromatic carbocycles. The second-order valence-corrected chi connectivity index (χ2v) is 8.22. The molecule has 0 radical (unpaired) electrons. The number of halogens is 1. The third-order valence-electron chi connectivity index (χ3n) is 3.35. The van der Waals surface area contributed by atoms with Gasteiger partial charge in [-0.05, 0) is 19.2 Å². The van der Waals surface area contributed by atoms with Gasteiger partial charge in [-0.15, -0.1) is 3.89 Å². The highest BCUT2D eigenvalue weighted by atomic mass is 32.3. The second kappa shape index (κ2) is 5.94. The molecule has 10 heteroatoms. The molecule has 1 atom stereocenters. The van der Waals surface area contributed by atoms with Crippen LogP contribution in [0, 0.1) is 5.92 Å². The van der Waals surface area contributed by atoms with Gasteiger partial charge in [-0.2, -0.15) is 8.42 Å². The van der Waals surface area contributed by atoms with Crippen molar-refractivity contribution in [1.82, 2.24) is 4.72 Å². The lowest BCUT2D eigenvalue weighted by molar-refractivity contribution is -0.117. The van der Waals surface area contributed by atoms with Crippen molar-refractivity contribution in [3.8, 4) is 0 Å². The average molecular weight is 350 g/mol. The summed E-state index contributed by atoms with van der Waals surface area (Å²) in [5.41, 5.74) is 0.153. The van der Waals surface area contributed by atoms with Gasteiger partial charge in [0.05, 0.1) is 11.4 Å². The van der Waals surface area contributed by atoms with Crippen LogP contribution in [0.4, 0.5) is 9.57 Å². The molecule has 0 aromatic heterocycles. The fourth-order valence-corrected chi connectivity index (χ4v) is 4.14. The highest BCUT2D eigenvalue weighted by Gasteiger charge is 2.35. The minimum Gasteiger partial charge on any atom is -0.311 e. The fraction of sp³-hybridized carbons (Fsp3) is 0.417. The number of hydrogen-bond donors (Lipinski definition) is 1. The molecule has 1 fully saturated rings. The summed E-state index contributed by atoms with van der Waals surface area (Å²) in [5, 5.41) is 0. The van der Waals surface area contributed by atoms with Gasteiger partial charge in [0.1, 0.15) is 4.90 Å². The number of para-hydroxylation sites is 1. The van der Waals surface area contributed by atoms with E-state index in [2.05, 4.69) is 4.72 Å². The summed E-state index contributed by atoms with van der Waals surface area (Å²) in [6, 6.07) is 5.87. The zero-order valence-corrected chi connectivity index (χ0v) is 13.3. The van der Waals surface area contributed by atoms with Crippen LogP contribution in [0.25, 0.3) is 0 Å². The van der Waals surface area contributed by atoms with Gasteiger partial charge in [-0.3, -0.25) is 4.79 Å². The maximum absolute atomic E-state index is 12.8. The quantitative estimate of drug-likeness (QED) is 0.767. The van der Waals surface area contributed by atoms with Gasteiger partial charge in [-0.1, -0.05) is 12.1 Å². The lowest BCUT2D eigenvalue weighted by Gasteiger charge is -2.20. The molecule has 1 amide bonds. The van der Waals surface area contributed by atoms with Crippen molar-refractivity contribution in [2.45, 2.75) is 11.3 Å². The maximum atomic E-state index is 12.8. The van der Waals surface area contributed by atoms with E-state index >= 15 is 0 Å². The summed E-state index contributed by atoms with van der Waals surface area (Å²) in [6.07, 6.45) is -0.142. The van der Waals surface area contributed by atoms with Crippen LogP contribution in [0.1, 0.15) is 6.42 Å². The maximum Gasteiger partial charge on any atom is 0.302 e. The minimum atomic E-state index is -4.69. The van der Waals surface area contributed by atoms with Crippen molar-refractivity contribution < 1.29 is 25.5 Å². The molecule has 1 N–H and O–H groups in total. The van der Waals surface area contributed by atoms with Gasteiger partial charge in [0.15, 0.2) is 0 Å². The van der Waals surface area contributed by atoms with E-state index in [0.29, 0.717) is 0 Å². The zero-order valence-electron chi connectivity index (χ0n) is 11.7. The third-order valence-corrected chi connectivity index (χ3v) is 5.69. The van der Waals surface area contributed by atoms with Crippen molar-refractivity contribution >= 4 is 31.8 Å². The van der Waals surface area contributed by atoms with E-state index < -0.39 is 37.8 Å². The number of nitrogens with one attached hydrogen (secondary N) is 1. The topological polar surface area (TPSA) is 101 Å². The lowest BCUT2D eigenvalue weighted by Crippen LogP contribution is -2.29. The van der Waals surface area contributed by atoms with E-state index in [9.17, 15) is 25.5 Å². The molecular formula is C12H15FN2O5S2. The number of benzene rings is 1. The molecule has 1 aromatic rings. The zero-order chi connectivity index (χ0) is 16.5. The Hall–Kier alpha value is -1.52. The molecule has 1 heterocycles. The predicted molar refractivity (Wildman–Crippen MR) is 78.0 cm³/mol. The molecule has 0 saturated carbocycles. The molecule has 0 spiro atoms. The Morgan fingerprint density at radius 1 is 1.27 bits per heavy atom. The normalized spacial score (nSPS) is 19.6. The molecule has 2 rings (SSSR count). The molecule has 1 unspecified atom stereocenters. The van der Waals surface area contributed by atoms with Gasteiger partial charge in [0, 0.05) is 18.9 Å². The highest BCUT2D eigenvalue weighted by Crippen LogP contribution is 2.31. The van der Waals surface area contributed by atoms with Gasteiger partial charge >= 0.3 is 10.2 Å². The van der Waals surface area contributed by atoms with Gasteiger partial charge < -0.3 is 4.90 Å². The van der Waals surface area contributed by atoms with Crippen LogP contribution in [0.3, 0.4) is 0 Å². The minimum absolute atomic E-state index is 0.0434. The van der Waals surface area contributed by atoms with Crippen LogP contribution in [-0.4, -0.2) is 42.1 Å². The number of anilines is 1. The number of amides is 1. The summed E-state index contributed by atoms with van der Waals surface area (Å²) in [4.78, 5) is 13.1. The fourth-order valence-electron chi connectivity index (χ4n) is 2.42. The van der Waals surface area contributed by atoms with Crippen LogP contribution in [0.2, 0.25) is 0 Å². The number of nitrogens with zero attached hydrogens (tertiary/aromatic N) is 1. The molecule has 1 aliphatic rings. The SMILES string of the molecule is CNS(=O)(=O)c1ccccc1N1CC(CS(=O)(=O)F)CC1=O. The molecular weight excluding hydrogens is 335 g/mol. The third kappa shape index (κ3) is 3.62. The number of rotatable bonds is 5. The molecule has 122 valence electrons. The number of carbonyl (C=O) groups excluding carboxylic acids is 1. The number of hydrogen-bond acceptors (Lipinski definition) is 5. The molecule has 1 saturated heterocycles. The van der Waals surface area contributed by atoms with E-state index in [1.54, 1.807) is 6.07 Å². The second-order valence-electron chi connectivity index (χ2n) is 4.96. The number of carbonyl (C=O) groups is 1. The van der Waals surface area contributed by atoms with E-state index in [1.165, 1.54) is 30.1 Å². The Balaban J connectivity index is 2.36. The van der Waals surface area contributed by atoms with Gasteiger partial charge in [0.25, 0.3) is 0 Å². The Kier molecular flexibility index (Phi) is 4.54. The van der Waals surface area contributed by atoms with E-state index in [4.69, 9.17) is 0 Å². The van der Waals surface area contributed by atoms with Crippen molar-refractivity contribution in [2.75, 3.05) is 24.2 Å². The number of sulfonamides is 1. The van der Waals surface area contributed by atoms with Crippen molar-refractivity contribution in [1.29, 1.82) is 0 Å². The van der Waals surface area contributed by atoms with Crippen LogP contribution >= 0.6 is 0 Å². The summed E-state index contributed by atoms with van der Waals surface area (Å²) < 4.78 is 60.3. The van der Waals surface area contributed by atoms with Crippen molar-refractivity contribution in [3.05, 3.63) is 24.3 Å². The van der Waals surface area contributed by atoms with Crippen LogP contribution < -0.4 is 9.62 Å². The first-order chi connectivity index (χ1) is 10.1. The van der Waals surface area contributed by atoms with Gasteiger partial charge in [0.2, 0.25) is 15.9 Å². The van der Waals surface area contributed by atoms with Crippen molar-refractivity contribution in [2.24, 2.45) is 5.92 Å².